The van der Waals surface area contributed by atoms with Gasteiger partial charge in [0.15, 0.2) is 0 Å². The lowest BCUT2D eigenvalue weighted by molar-refractivity contribution is -0.157. The third kappa shape index (κ3) is 4.29. The van der Waals surface area contributed by atoms with Crippen LogP contribution in [0.2, 0.25) is 0 Å². The van der Waals surface area contributed by atoms with E-state index in [-0.39, 0.29) is 18.7 Å². The van der Waals surface area contributed by atoms with E-state index in [1.807, 2.05) is 0 Å². The highest BCUT2D eigenvalue weighted by atomic mass is 19.3. The molecule has 0 radical (unpaired) electrons. The summed E-state index contributed by atoms with van der Waals surface area (Å²) < 4.78 is 32.6. The predicted molar refractivity (Wildman–Crippen MR) is 82.7 cm³/mol. The number of aliphatic hydroxyl groups excluding tert-OH is 1. The third-order valence-electron chi connectivity index (χ3n) is 3.96. The van der Waals surface area contributed by atoms with E-state index in [9.17, 15) is 23.5 Å². The van der Waals surface area contributed by atoms with Crippen molar-refractivity contribution in [2.45, 2.75) is 32.3 Å². The fourth-order valence-electron chi connectivity index (χ4n) is 2.76. The van der Waals surface area contributed by atoms with Gasteiger partial charge in [0.1, 0.15) is 0 Å². The van der Waals surface area contributed by atoms with E-state index < -0.39 is 42.8 Å². The highest BCUT2D eigenvalue weighted by Gasteiger charge is 2.45. The van der Waals surface area contributed by atoms with Crippen LogP contribution in [-0.4, -0.2) is 47.5 Å². The van der Waals surface area contributed by atoms with E-state index in [0.29, 0.717) is 5.56 Å². The first-order valence-corrected chi connectivity index (χ1v) is 7.85. The molecule has 0 spiro atoms. The molecule has 2 rings (SSSR count). The maximum Gasteiger partial charge on any atom is 0.310 e. The molecule has 1 aliphatic heterocycles. The Kier molecular flexibility index (Phi) is 5.54. The largest absolute Gasteiger partial charge is 0.466 e. The second-order valence-corrected chi connectivity index (χ2v) is 5.99. The van der Waals surface area contributed by atoms with Crippen molar-refractivity contribution in [1.29, 1.82) is 0 Å². The average molecular weight is 341 g/mol. The topological polar surface area (TPSA) is 66.8 Å². The molecule has 0 aliphatic carbocycles. The Morgan fingerprint density at radius 2 is 2.00 bits per heavy atom. The quantitative estimate of drug-likeness (QED) is 0.854. The number of piperidine rings is 1. The van der Waals surface area contributed by atoms with Crippen molar-refractivity contribution in [3.8, 4) is 0 Å². The molecule has 1 unspecified atom stereocenters. The van der Waals surface area contributed by atoms with Gasteiger partial charge in [0.05, 0.1) is 25.2 Å². The molecule has 1 heterocycles. The number of halogens is 2. The van der Waals surface area contributed by atoms with Gasteiger partial charge in [0, 0.05) is 18.5 Å². The first kappa shape index (κ1) is 18.3. The summed E-state index contributed by atoms with van der Waals surface area (Å²) in [6, 6.07) is 6.11. The van der Waals surface area contributed by atoms with Gasteiger partial charge in [0.2, 0.25) is 0 Å². The van der Waals surface area contributed by atoms with Gasteiger partial charge < -0.3 is 14.7 Å². The minimum atomic E-state index is -3.13. The van der Waals surface area contributed by atoms with E-state index in [2.05, 4.69) is 0 Å². The number of carbonyl (C=O) groups excluding carboxylic acids is 2. The van der Waals surface area contributed by atoms with Crippen LogP contribution < -0.4 is 0 Å². The zero-order valence-corrected chi connectivity index (χ0v) is 13.7. The summed E-state index contributed by atoms with van der Waals surface area (Å²) >= 11 is 0. The van der Waals surface area contributed by atoms with Gasteiger partial charge in [-0.2, -0.15) is 0 Å². The van der Waals surface area contributed by atoms with Crippen molar-refractivity contribution in [1.82, 2.24) is 4.90 Å². The molecule has 0 bridgehead atoms. The molecule has 7 heteroatoms. The number of hydrogen-bond acceptors (Lipinski definition) is 4. The molecule has 2 atom stereocenters. The Labute approximate surface area is 139 Å². The molecule has 1 N–H and O–H groups in total. The highest BCUT2D eigenvalue weighted by molar-refractivity contribution is 5.94. The van der Waals surface area contributed by atoms with E-state index in [1.165, 1.54) is 12.1 Å². The lowest BCUT2D eigenvalue weighted by atomic mass is 9.94. The van der Waals surface area contributed by atoms with Gasteiger partial charge in [-0.1, -0.05) is 12.1 Å². The van der Waals surface area contributed by atoms with Crippen LogP contribution in [-0.2, 0) is 9.53 Å². The van der Waals surface area contributed by atoms with Crippen LogP contribution in [0.5, 0.6) is 0 Å². The average Bonchev–Trinajstić information content (AvgIpc) is 2.53. The predicted octanol–water partition coefficient (Wildman–Crippen LogP) is 2.40. The first-order chi connectivity index (χ1) is 11.2. The molecule has 0 aromatic heterocycles. The molecule has 1 fully saturated rings. The minimum Gasteiger partial charge on any atom is -0.466 e. The maximum absolute atomic E-state index is 13.9. The van der Waals surface area contributed by atoms with Gasteiger partial charge in [-0.3, -0.25) is 9.59 Å². The molecule has 5 nitrogen and oxygen atoms in total. The van der Waals surface area contributed by atoms with Gasteiger partial charge in [-0.15, -0.1) is 0 Å². The number of rotatable bonds is 4. The van der Waals surface area contributed by atoms with Gasteiger partial charge in [-0.25, -0.2) is 8.78 Å². The van der Waals surface area contributed by atoms with Gasteiger partial charge in [-0.05, 0) is 31.5 Å². The Hall–Kier alpha value is -2.02. The second kappa shape index (κ2) is 7.25. The van der Waals surface area contributed by atoms with Crippen molar-refractivity contribution in [2.75, 3.05) is 19.7 Å². The summed E-state index contributed by atoms with van der Waals surface area (Å²) in [7, 11) is 0. The number of aliphatic hydroxyl groups is 1. The number of amides is 1. The molecule has 0 saturated carbocycles. The van der Waals surface area contributed by atoms with Crippen LogP contribution in [0.1, 0.15) is 42.3 Å². The number of carbonyl (C=O) groups is 2. The molecule has 24 heavy (non-hydrogen) atoms. The lowest BCUT2D eigenvalue weighted by Gasteiger charge is -2.36. The molecule has 1 aromatic carbocycles. The molecular formula is C17H21F2NO4. The number of likely N-dealkylation sites (tertiary alicyclic amines) is 1. The normalized spacial score (nSPS) is 21.2. The number of hydrogen-bond donors (Lipinski definition) is 1. The van der Waals surface area contributed by atoms with Gasteiger partial charge >= 0.3 is 5.97 Å². The van der Waals surface area contributed by atoms with Crippen molar-refractivity contribution in [2.24, 2.45) is 5.92 Å². The zero-order valence-electron chi connectivity index (χ0n) is 13.7. The van der Waals surface area contributed by atoms with Crippen molar-refractivity contribution >= 4 is 11.9 Å². The Balaban J connectivity index is 2.16. The molecule has 1 saturated heterocycles. The van der Waals surface area contributed by atoms with Crippen LogP contribution in [0.4, 0.5) is 8.78 Å². The summed E-state index contributed by atoms with van der Waals surface area (Å²) in [6.07, 6.45) is -1.29. The van der Waals surface area contributed by atoms with Crippen molar-refractivity contribution in [3.05, 3.63) is 35.4 Å². The lowest BCUT2D eigenvalue weighted by Crippen LogP contribution is -2.51. The molecule has 132 valence electrons. The summed E-state index contributed by atoms with van der Waals surface area (Å²) in [4.78, 5) is 25.3. The number of alkyl halides is 2. The summed E-state index contributed by atoms with van der Waals surface area (Å²) in [6.45, 7) is 2.48. The minimum absolute atomic E-state index is 0.0919. The van der Waals surface area contributed by atoms with E-state index in [1.54, 1.807) is 26.0 Å². The van der Waals surface area contributed by atoms with E-state index >= 15 is 0 Å². The van der Waals surface area contributed by atoms with Crippen LogP contribution in [0.3, 0.4) is 0 Å². The number of ether oxygens (including phenoxy) is 1. The maximum atomic E-state index is 13.9. The van der Waals surface area contributed by atoms with Crippen molar-refractivity contribution in [3.63, 3.8) is 0 Å². The molecule has 1 aliphatic rings. The van der Waals surface area contributed by atoms with Crippen LogP contribution in [0, 0.1) is 5.92 Å². The number of esters is 1. The summed E-state index contributed by atoms with van der Waals surface area (Å²) in [5, 5.41) is 9.47. The van der Waals surface area contributed by atoms with Crippen LogP contribution >= 0.6 is 0 Å². The van der Waals surface area contributed by atoms with E-state index in [0.717, 1.165) is 4.90 Å². The summed E-state index contributed by atoms with van der Waals surface area (Å²) in [5.74, 6) is -5.44. The van der Waals surface area contributed by atoms with Crippen molar-refractivity contribution < 1.29 is 28.2 Å². The first-order valence-electron chi connectivity index (χ1n) is 7.85. The smallest absolute Gasteiger partial charge is 0.310 e. The number of nitrogens with zero attached hydrogens (tertiary/aromatic N) is 1. The van der Waals surface area contributed by atoms with Crippen LogP contribution in [0.25, 0.3) is 0 Å². The fraction of sp³-hybridized carbons (Fsp3) is 0.529. The third-order valence-corrected chi connectivity index (χ3v) is 3.96. The SMILES string of the molecule is CCOC(=O)C1CN(C(=O)c2ccc([C@@H](C)O)cc2)CC(F)(F)C1. The number of benzene rings is 1. The van der Waals surface area contributed by atoms with Crippen LogP contribution in [0.15, 0.2) is 24.3 Å². The molecule has 1 amide bonds. The zero-order chi connectivity index (χ0) is 17.9. The second-order valence-electron chi connectivity index (χ2n) is 5.99. The monoisotopic (exact) mass is 341 g/mol. The Morgan fingerprint density at radius 1 is 1.38 bits per heavy atom. The fourth-order valence-corrected chi connectivity index (χ4v) is 2.76. The summed E-state index contributed by atoms with van der Waals surface area (Å²) in [5.41, 5.74) is 0.861. The Bertz CT molecular complexity index is 601. The Morgan fingerprint density at radius 3 is 2.54 bits per heavy atom. The highest BCUT2D eigenvalue weighted by Crippen LogP contribution is 2.32. The molecule has 1 aromatic rings. The van der Waals surface area contributed by atoms with Gasteiger partial charge in [0.25, 0.3) is 11.8 Å². The molecular weight excluding hydrogens is 320 g/mol. The van der Waals surface area contributed by atoms with E-state index in [4.69, 9.17) is 4.74 Å². The standard InChI is InChI=1S/C17H21F2NO4/c1-3-24-16(23)14-8-17(18,19)10-20(9-14)15(22)13-6-4-12(5-7-13)11(2)21/h4-7,11,14,21H,3,8-10H2,1-2H3/t11-,14?/m1/s1.